The predicted octanol–water partition coefficient (Wildman–Crippen LogP) is 2.30. The van der Waals surface area contributed by atoms with Crippen molar-refractivity contribution in [2.75, 3.05) is 39.3 Å². The van der Waals surface area contributed by atoms with Crippen LogP contribution >= 0.6 is 0 Å². The maximum atomic E-state index is 12.1. The Balaban J connectivity index is 0.000000297. The zero-order chi connectivity index (χ0) is 26.4. The lowest BCUT2D eigenvalue weighted by molar-refractivity contribution is 0.0683. The largest absolute Gasteiger partial charge is 0.390 e. The van der Waals surface area contributed by atoms with Gasteiger partial charge in [0, 0.05) is 38.3 Å². The molecule has 8 nitrogen and oxygen atoms in total. The summed E-state index contributed by atoms with van der Waals surface area (Å²) in [6, 6.07) is 10.3. The normalized spacial score (nSPS) is 23.5. The first kappa shape index (κ1) is 31.1. The smallest absolute Gasteiger partial charge is 0.215 e. The number of aliphatic hydroxyl groups is 2. The van der Waals surface area contributed by atoms with Gasteiger partial charge in [-0.15, -0.1) is 0 Å². The summed E-state index contributed by atoms with van der Waals surface area (Å²) in [4.78, 5) is 4.68. The van der Waals surface area contributed by atoms with E-state index < -0.39 is 16.1 Å². The number of nitrogens with two attached hydrogens (primary N) is 1. The summed E-state index contributed by atoms with van der Waals surface area (Å²) >= 11 is 0. The molecule has 3 rings (SSSR count). The zero-order valence-electron chi connectivity index (χ0n) is 22.4. The molecule has 36 heavy (non-hydrogen) atoms. The van der Waals surface area contributed by atoms with E-state index in [2.05, 4.69) is 28.4 Å². The molecule has 0 spiro atoms. The van der Waals surface area contributed by atoms with E-state index in [0.717, 1.165) is 38.0 Å². The van der Waals surface area contributed by atoms with Crippen LogP contribution in [0.25, 0.3) is 0 Å². The molecule has 2 saturated heterocycles. The maximum absolute atomic E-state index is 12.1. The number of aliphatic hydroxyl groups excluding tert-OH is 2. The highest BCUT2D eigenvalue weighted by atomic mass is 32.2. The first-order valence-electron chi connectivity index (χ1n) is 13.8. The van der Waals surface area contributed by atoms with E-state index in [1.165, 1.54) is 38.5 Å². The lowest BCUT2D eigenvalue weighted by atomic mass is 9.99. The minimum atomic E-state index is -3.42. The molecule has 208 valence electrons. The lowest BCUT2D eigenvalue weighted by Gasteiger charge is -2.36. The Bertz CT molecular complexity index is 811. The third-order valence-electron chi connectivity index (χ3n) is 7.34. The number of likely N-dealkylation sites (tertiary alicyclic amines) is 2. The predicted molar refractivity (Wildman–Crippen MR) is 147 cm³/mol. The highest BCUT2D eigenvalue weighted by molar-refractivity contribution is 7.88. The molecule has 4 atom stereocenters. The molecule has 1 aromatic carbocycles. The van der Waals surface area contributed by atoms with Crippen LogP contribution in [-0.2, 0) is 15.8 Å². The zero-order valence-corrected chi connectivity index (χ0v) is 23.2. The summed E-state index contributed by atoms with van der Waals surface area (Å²) in [7, 11) is -3.42. The third-order valence-corrected chi connectivity index (χ3v) is 8.66. The van der Waals surface area contributed by atoms with Gasteiger partial charge in [0.1, 0.15) is 0 Å². The molecule has 2 aliphatic heterocycles. The minimum absolute atomic E-state index is 0.0537. The van der Waals surface area contributed by atoms with Crippen LogP contribution in [-0.4, -0.2) is 92.0 Å². The monoisotopic (exact) mass is 526 g/mol. The first-order valence-corrected chi connectivity index (χ1v) is 15.5. The van der Waals surface area contributed by atoms with Gasteiger partial charge in [0.2, 0.25) is 10.0 Å². The lowest BCUT2D eigenvalue weighted by Crippen LogP contribution is -2.46. The van der Waals surface area contributed by atoms with Crippen LogP contribution in [0.15, 0.2) is 30.3 Å². The van der Waals surface area contributed by atoms with Gasteiger partial charge in [0.05, 0.1) is 18.0 Å². The topological polar surface area (TPSA) is 119 Å². The van der Waals surface area contributed by atoms with Gasteiger partial charge in [-0.05, 0) is 57.2 Å². The van der Waals surface area contributed by atoms with Crippen molar-refractivity contribution in [3.05, 3.63) is 35.9 Å². The van der Waals surface area contributed by atoms with Gasteiger partial charge in [0.25, 0.3) is 0 Å². The first-order chi connectivity index (χ1) is 17.3. The highest BCUT2D eigenvalue weighted by Gasteiger charge is 2.24. The Morgan fingerprint density at radius 2 is 1.44 bits per heavy atom. The number of nitrogens with zero attached hydrogens (tertiary/aromatic N) is 2. The van der Waals surface area contributed by atoms with Crippen molar-refractivity contribution in [1.82, 2.24) is 14.5 Å². The average molecular weight is 527 g/mol. The minimum Gasteiger partial charge on any atom is -0.390 e. The fraction of sp³-hybridized carbons (Fsp3) is 0.778. The standard InChI is InChI=1S/C17H28N2O3S.C10H22N2O/c1-2-16-10-6-7-11-19(16)13-17(20)12-18-23(21,22)14-15-8-4-3-5-9-15;1-2-9-5-3-4-6-12(9)8-10(13)7-11/h3-5,8-9,16-18,20H,2,6-7,10-14H2,1H3;9-10,13H,2-8,11H2,1H3/t16-,17-;9-,10-/m00/s1. The van der Waals surface area contributed by atoms with Crippen LogP contribution in [0.5, 0.6) is 0 Å². The SMILES string of the molecule is CC[C@H]1CCCCN1C[C@@H](O)CN.CC[C@H]1CCCCN1C[C@@H](O)CNS(=O)(=O)Cc1ccccc1. The summed E-state index contributed by atoms with van der Waals surface area (Å²) in [5, 5.41) is 19.6. The number of β-amino-alcohol motifs (C(OH)–C–C–N with tert-alkyl or cyclic N) is 2. The number of sulfonamides is 1. The fourth-order valence-electron chi connectivity index (χ4n) is 5.27. The molecule has 0 aliphatic carbocycles. The quantitative estimate of drug-likeness (QED) is 0.330. The molecule has 2 aliphatic rings. The molecule has 0 aromatic heterocycles. The second-order valence-corrected chi connectivity index (χ2v) is 12.0. The van der Waals surface area contributed by atoms with Crippen molar-refractivity contribution in [3.8, 4) is 0 Å². The number of nitrogens with one attached hydrogen (secondary N) is 1. The van der Waals surface area contributed by atoms with Crippen molar-refractivity contribution in [2.45, 2.75) is 95.3 Å². The molecule has 9 heteroatoms. The maximum Gasteiger partial charge on any atom is 0.215 e. The van der Waals surface area contributed by atoms with E-state index in [0.29, 0.717) is 25.2 Å². The van der Waals surface area contributed by atoms with Gasteiger partial charge >= 0.3 is 0 Å². The van der Waals surface area contributed by atoms with Gasteiger partial charge in [0.15, 0.2) is 0 Å². The molecule has 2 heterocycles. The fourth-order valence-corrected chi connectivity index (χ4v) is 6.45. The van der Waals surface area contributed by atoms with Crippen LogP contribution < -0.4 is 10.5 Å². The van der Waals surface area contributed by atoms with Crippen LogP contribution in [0.3, 0.4) is 0 Å². The second kappa shape index (κ2) is 16.7. The molecule has 1 aromatic rings. The summed E-state index contributed by atoms with van der Waals surface area (Å²) in [5.74, 6) is -0.0537. The molecule has 0 saturated carbocycles. The van der Waals surface area contributed by atoms with Crippen LogP contribution in [0, 0.1) is 0 Å². The van der Waals surface area contributed by atoms with Gasteiger partial charge in [-0.1, -0.05) is 57.0 Å². The van der Waals surface area contributed by atoms with E-state index in [-0.39, 0.29) is 18.4 Å². The Kier molecular flexibility index (Phi) is 14.5. The van der Waals surface area contributed by atoms with E-state index >= 15 is 0 Å². The molecule has 0 unspecified atom stereocenters. The molecule has 0 radical (unpaired) electrons. The van der Waals surface area contributed by atoms with Gasteiger partial charge in [-0.3, -0.25) is 9.80 Å². The number of rotatable bonds is 12. The number of benzene rings is 1. The number of hydrogen-bond acceptors (Lipinski definition) is 7. The second-order valence-electron chi connectivity index (χ2n) is 10.2. The Morgan fingerprint density at radius 3 is 1.94 bits per heavy atom. The van der Waals surface area contributed by atoms with Crippen molar-refractivity contribution in [2.24, 2.45) is 5.73 Å². The van der Waals surface area contributed by atoms with Crippen LogP contribution in [0.2, 0.25) is 0 Å². The molecule has 5 N–H and O–H groups in total. The van der Waals surface area contributed by atoms with Crippen molar-refractivity contribution >= 4 is 10.0 Å². The van der Waals surface area contributed by atoms with Gasteiger partial charge in [-0.25, -0.2) is 13.1 Å². The number of hydrogen-bond donors (Lipinski definition) is 4. The Labute approximate surface area is 219 Å². The van der Waals surface area contributed by atoms with E-state index in [1.807, 2.05) is 18.2 Å². The van der Waals surface area contributed by atoms with Crippen LogP contribution in [0.1, 0.15) is 70.8 Å². The number of piperidine rings is 2. The molecule has 0 bridgehead atoms. The van der Waals surface area contributed by atoms with E-state index in [1.54, 1.807) is 12.1 Å². The molecule has 2 fully saturated rings. The molecule has 0 amide bonds. The molecular formula is C27H50N4O4S. The highest BCUT2D eigenvalue weighted by Crippen LogP contribution is 2.20. The summed E-state index contributed by atoms with van der Waals surface area (Å²) in [6.45, 7) is 8.26. The average Bonchev–Trinajstić information content (AvgIpc) is 2.89. The summed E-state index contributed by atoms with van der Waals surface area (Å²) < 4.78 is 26.7. The molecular weight excluding hydrogens is 476 g/mol. The Hall–Kier alpha value is -1.07. The summed E-state index contributed by atoms with van der Waals surface area (Å²) in [5.41, 5.74) is 6.15. The van der Waals surface area contributed by atoms with Crippen molar-refractivity contribution in [1.29, 1.82) is 0 Å². The van der Waals surface area contributed by atoms with Gasteiger partial charge < -0.3 is 15.9 Å². The van der Waals surface area contributed by atoms with Crippen LogP contribution in [0.4, 0.5) is 0 Å². The van der Waals surface area contributed by atoms with Gasteiger partial charge in [-0.2, -0.15) is 0 Å². The summed E-state index contributed by atoms with van der Waals surface area (Å²) in [6.07, 6.45) is 8.72. The third kappa shape index (κ3) is 11.5. The Morgan fingerprint density at radius 1 is 0.917 bits per heavy atom. The van der Waals surface area contributed by atoms with Crippen molar-refractivity contribution < 1.29 is 18.6 Å². The van der Waals surface area contributed by atoms with Crippen molar-refractivity contribution in [3.63, 3.8) is 0 Å². The van der Waals surface area contributed by atoms with E-state index in [4.69, 9.17) is 5.73 Å². The van der Waals surface area contributed by atoms with E-state index in [9.17, 15) is 18.6 Å².